The molecule has 0 fully saturated rings. The molecule has 0 aromatic heterocycles. The van der Waals surface area contributed by atoms with Crippen LogP contribution in [0.25, 0.3) is 0 Å². The number of ether oxygens (including phenoxy) is 1. The molecular formula is C18H16F3NO5S. The zero-order chi connectivity index (χ0) is 20.5. The molecule has 0 bridgehead atoms. The minimum absolute atomic E-state index is 0.183. The average molecular weight is 415 g/mol. The van der Waals surface area contributed by atoms with Gasteiger partial charge in [0.2, 0.25) is 11.6 Å². The van der Waals surface area contributed by atoms with Crippen LogP contribution < -0.4 is 5.73 Å². The molecule has 0 radical (unpaired) electrons. The number of hydrogen-bond acceptors (Lipinski definition) is 6. The molecule has 0 saturated carbocycles. The van der Waals surface area contributed by atoms with Gasteiger partial charge in [0.15, 0.2) is 12.2 Å². The van der Waals surface area contributed by atoms with E-state index in [2.05, 4.69) is 0 Å². The van der Waals surface area contributed by atoms with Crippen molar-refractivity contribution >= 4 is 10.1 Å². The maximum Gasteiger partial charge on any atom is 0.416 e. The van der Waals surface area contributed by atoms with E-state index in [-0.39, 0.29) is 5.56 Å². The Morgan fingerprint density at radius 1 is 1.07 bits per heavy atom. The van der Waals surface area contributed by atoms with Gasteiger partial charge in [-0.3, -0.25) is 0 Å². The fourth-order valence-electron chi connectivity index (χ4n) is 2.69. The first-order valence-electron chi connectivity index (χ1n) is 8.04. The van der Waals surface area contributed by atoms with E-state index < -0.39 is 51.5 Å². The molecule has 0 saturated heterocycles. The van der Waals surface area contributed by atoms with Gasteiger partial charge >= 0.3 is 16.3 Å². The summed E-state index contributed by atoms with van der Waals surface area (Å²) in [6.07, 6.45) is -7.29. The van der Waals surface area contributed by atoms with Crippen molar-refractivity contribution in [1.82, 2.24) is 0 Å². The van der Waals surface area contributed by atoms with Crippen molar-refractivity contribution in [2.24, 2.45) is 5.73 Å². The van der Waals surface area contributed by atoms with Gasteiger partial charge in [-0.15, -0.1) is 0 Å². The number of hydrogen-bond donors (Lipinski definition) is 2. The van der Waals surface area contributed by atoms with Crippen molar-refractivity contribution in [3.63, 3.8) is 0 Å². The Morgan fingerprint density at radius 2 is 1.68 bits per heavy atom. The highest BCUT2D eigenvalue weighted by molar-refractivity contribution is 7.86. The Kier molecular flexibility index (Phi) is 5.26. The molecule has 2 aromatic carbocycles. The van der Waals surface area contributed by atoms with Crippen LogP contribution in [-0.2, 0) is 31.0 Å². The fraction of sp³-hybridized carbons (Fsp3) is 0.222. The summed E-state index contributed by atoms with van der Waals surface area (Å²) >= 11 is 0. The summed E-state index contributed by atoms with van der Waals surface area (Å²) < 4.78 is 72.6. The highest BCUT2D eigenvalue weighted by Crippen LogP contribution is 2.37. The Bertz CT molecular complexity index is 973. The number of benzene rings is 2. The van der Waals surface area contributed by atoms with Gasteiger partial charge in [-0.05, 0) is 23.3 Å². The quantitative estimate of drug-likeness (QED) is 0.729. The van der Waals surface area contributed by atoms with Gasteiger partial charge in [-0.25, -0.2) is 0 Å². The minimum atomic E-state index is -4.51. The molecule has 150 valence electrons. The SMILES string of the molecule is NC1=C(OS(=O)(=O)Cc2ccccc2)C(O)C(c2ccc(C(F)(F)F)cc2)O1. The maximum atomic E-state index is 12.7. The lowest BCUT2D eigenvalue weighted by Crippen LogP contribution is -2.21. The van der Waals surface area contributed by atoms with Crippen LogP contribution in [0.5, 0.6) is 0 Å². The van der Waals surface area contributed by atoms with Gasteiger partial charge in [-0.1, -0.05) is 42.5 Å². The van der Waals surface area contributed by atoms with Gasteiger partial charge in [0.05, 0.1) is 5.56 Å². The number of alkyl halides is 3. The van der Waals surface area contributed by atoms with Crippen LogP contribution in [0.1, 0.15) is 22.8 Å². The van der Waals surface area contributed by atoms with Crippen molar-refractivity contribution in [2.45, 2.75) is 24.1 Å². The van der Waals surface area contributed by atoms with Crippen molar-refractivity contribution in [2.75, 3.05) is 0 Å². The zero-order valence-electron chi connectivity index (χ0n) is 14.3. The summed E-state index contributed by atoms with van der Waals surface area (Å²) in [6.45, 7) is 0. The van der Waals surface area contributed by atoms with Crippen LogP contribution in [0.2, 0.25) is 0 Å². The van der Waals surface area contributed by atoms with Crippen LogP contribution in [0.4, 0.5) is 13.2 Å². The lowest BCUT2D eigenvalue weighted by molar-refractivity contribution is -0.137. The summed E-state index contributed by atoms with van der Waals surface area (Å²) in [7, 11) is -4.14. The van der Waals surface area contributed by atoms with Gasteiger partial charge in [-0.2, -0.15) is 21.6 Å². The van der Waals surface area contributed by atoms with Gasteiger partial charge in [0.1, 0.15) is 5.75 Å². The van der Waals surface area contributed by atoms with Crippen molar-refractivity contribution in [3.05, 3.63) is 82.9 Å². The largest absolute Gasteiger partial charge is 0.465 e. The molecule has 6 nitrogen and oxygen atoms in total. The van der Waals surface area contributed by atoms with Gasteiger partial charge in [0, 0.05) is 0 Å². The molecule has 0 amide bonds. The van der Waals surface area contributed by atoms with Crippen LogP contribution in [-0.4, -0.2) is 19.6 Å². The van der Waals surface area contributed by atoms with E-state index in [0.717, 1.165) is 24.3 Å². The molecule has 0 aliphatic carbocycles. The summed E-state index contributed by atoms with van der Waals surface area (Å²) in [4.78, 5) is 0. The van der Waals surface area contributed by atoms with Gasteiger partial charge < -0.3 is 19.8 Å². The van der Waals surface area contributed by atoms with E-state index in [1.807, 2.05) is 0 Å². The monoisotopic (exact) mass is 415 g/mol. The van der Waals surface area contributed by atoms with Crippen molar-refractivity contribution in [1.29, 1.82) is 0 Å². The molecule has 10 heteroatoms. The molecule has 0 spiro atoms. The Morgan fingerprint density at radius 3 is 2.25 bits per heavy atom. The lowest BCUT2D eigenvalue weighted by atomic mass is 10.0. The van der Waals surface area contributed by atoms with Crippen molar-refractivity contribution in [3.8, 4) is 0 Å². The third-order valence-electron chi connectivity index (χ3n) is 4.02. The predicted molar refractivity (Wildman–Crippen MR) is 92.6 cm³/mol. The topological polar surface area (TPSA) is 98.9 Å². The number of halogens is 3. The smallest absolute Gasteiger partial charge is 0.416 e. The first-order valence-corrected chi connectivity index (χ1v) is 9.62. The molecule has 28 heavy (non-hydrogen) atoms. The molecule has 2 aromatic rings. The van der Waals surface area contributed by atoms with E-state index in [0.29, 0.717) is 5.56 Å². The molecule has 1 aliphatic rings. The second-order valence-electron chi connectivity index (χ2n) is 6.10. The summed E-state index contributed by atoms with van der Waals surface area (Å²) in [5.41, 5.74) is 5.41. The lowest BCUT2D eigenvalue weighted by Gasteiger charge is -2.17. The van der Waals surface area contributed by atoms with E-state index in [4.69, 9.17) is 14.7 Å². The Balaban J connectivity index is 1.75. The molecule has 3 rings (SSSR count). The van der Waals surface area contributed by atoms with E-state index in [1.54, 1.807) is 30.3 Å². The molecule has 1 aliphatic heterocycles. The van der Waals surface area contributed by atoms with Crippen LogP contribution in [0.3, 0.4) is 0 Å². The third kappa shape index (κ3) is 4.39. The third-order valence-corrected chi connectivity index (χ3v) is 5.14. The summed E-state index contributed by atoms with van der Waals surface area (Å²) in [5.74, 6) is -1.41. The molecular weight excluding hydrogens is 399 g/mol. The van der Waals surface area contributed by atoms with Gasteiger partial charge in [0.25, 0.3) is 0 Å². The molecule has 2 unspecified atom stereocenters. The first-order chi connectivity index (χ1) is 13.1. The molecule has 1 heterocycles. The average Bonchev–Trinajstić information content (AvgIpc) is 2.89. The normalized spacial score (nSPS) is 20.1. The van der Waals surface area contributed by atoms with Crippen LogP contribution in [0.15, 0.2) is 66.2 Å². The number of aliphatic hydroxyl groups excluding tert-OH is 1. The highest BCUT2D eigenvalue weighted by Gasteiger charge is 2.40. The Labute approximate surface area is 159 Å². The second kappa shape index (κ2) is 7.36. The maximum absolute atomic E-state index is 12.7. The van der Waals surface area contributed by atoms with Crippen LogP contribution in [0, 0.1) is 0 Å². The predicted octanol–water partition coefficient (Wildman–Crippen LogP) is 2.81. The highest BCUT2D eigenvalue weighted by atomic mass is 32.2. The van der Waals surface area contributed by atoms with Crippen molar-refractivity contribution < 1.29 is 35.6 Å². The van der Waals surface area contributed by atoms with E-state index >= 15 is 0 Å². The summed E-state index contributed by atoms with van der Waals surface area (Å²) in [6, 6.07) is 12.1. The number of nitrogens with two attached hydrogens (primary N) is 1. The Hall–Kier alpha value is -2.72. The minimum Gasteiger partial charge on any atom is -0.465 e. The van der Waals surface area contributed by atoms with E-state index in [1.165, 1.54) is 0 Å². The first kappa shape index (κ1) is 20.0. The standard InChI is InChI=1S/C18H16F3NO5S/c19-18(20,21)13-8-6-12(7-9-13)15-14(23)16(17(22)26-15)27-28(24,25)10-11-4-2-1-3-5-11/h1-9,14-15,23H,10,22H2. The molecule has 2 atom stereocenters. The summed E-state index contributed by atoms with van der Waals surface area (Å²) in [5, 5.41) is 10.4. The second-order valence-corrected chi connectivity index (χ2v) is 7.67. The van der Waals surface area contributed by atoms with Crippen LogP contribution >= 0.6 is 0 Å². The zero-order valence-corrected chi connectivity index (χ0v) is 15.1. The molecule has 3 N–H and O–H groups in total. The number of rotatable bonds is 5. The number of aliphatic hydroxyl groups is 1. The van der Waals surface area contributed by atoms with E-state index in [9.17, 15) is 26.7 Å². The fourth-order valence-corrected chi connectivity index (χ4v) is 3.80.